The molecule has 0 radical (unpaired) electrons. The number of hydrogen-bond donors (Lipinski definition) is 1. The monoisotopic (exact) mass is 492 g/mol. The van der Waals surface area contributed by atoms with Gasteiger partial charge in [0.2, 0.25) is 11.7 Å². The maximum atomic E-state index is 12.8. The summed E-state index contributed by atoms with van der Waals surface area (Å²) in [7, 11) is 0. The van der Waals surface area contributed by atoms with Crippen LogP contribution >= 0.6 is 24.0 Å². The van der Waals surface area contributed by atoms with E-state index in [1.807, 2.05) is 69.3 Å². The van der Waals surface area contributed by atoms with E-state index in [0.29, 0.717) is 27.9 Å². The predicted octanol–water partition coefficient (Wildman–Crippen LogP) is 5.28. The highest BCUT2D eigenvalue weighted by molar-refractivity contribution is 8.26. The van der Waals surface area contributed by atoms with Crippen molar-refractivity contribution in [2.24, 2.45) is 0 Å². The summed E-state index contributed by atoms with van der Waals surface area (Å²) in [6, 6.07) is 13.9. The maximum Gasteiger partial charge on any atom is 0.266 e. The van der Waals surface area contributed by atoms with Crippen LogP contribution in [0.25, 0.3) is 17.3 Å². The molecule has 0 aliphatic carbocycles. The van der Waals surface area contributed by atoms with Gasteiger partial charge in [0, 0.05) is 18.5 Å². The molecule has 0 bridgehead atoms. The molecule has 0 unspecified atom stereocenters. The van der Waals surface area contributed by atoms with E-state index in [9.17, 15) is 9.59 Å². The Morgan fingerprint density at radius 3 is 2.62 bits per heavy atom. The second kappa shape index (κ2) is 10.3. The highest BCUT2D eigenvalue weighted by atomic mass is 32.2. The number of anilines is 1. The van der Waals surface area contributed by atoms with Crippen LogP contribution in [0.1, 0.15) is 35.1 Å². The number of amides is 2. The lowest BCUT2D eigenvalue weighted by molar-refractivity contribution is -0.122. The van der Waals surface area contributed by atoms with Crippen molar-refractivity contribution in [1.82, 2.24) is 15.2 Å². The first-order valence-corrected chi connectivity index (χ1v) is 12.1. The summed E-state index contributed by atoms with van der Waals surface area (Å²) < 4.78 is 5.38. The zero-order valence-electron chi connectivity index (χ0n) is 19.1. The minimum Gasteiger partial charge on any atom is -0.306 e. The van der Waals surface area contributed by atoms with Crippen LogP contribution in [-0.4, -0.2) is 37.9 Å². The van der Waals surface area contributed by atoms with E-state index in [-0.39, 0.29) is 24.1 Å². The Morgan fingerprint density at radius 2 is 1.85 bits per heavy atom. The second-order valence-corrected chi connectivity index (χ2v) is 9.85. The van der Waals surface area contributed by atoms with E-state index < -0.39 is 0 Å². The van der Waals surface area contributed by atoms with Gasteiger partial charge in [0.05, 0.1) is 4.91 Å². The van der Waals surface area contributed by atoms with Crippen LogP contribution in [0.2, 0.25) is 0 Å². The molecule has 2 aromatic carbocycles. The number of nitrogens with one attached hydrogen (secondary N) is 1. The van der Waals surface area contributed by atoms with Gasteiger partial charge < -0.3 is 5.32 Å². The summed E-state index contributed by atoms with van der Waals surface area (Å²) in [5, 5.41) is 10.6. The number of nitrogens with zero attached hydrogens (tertiary/aromatic N) is 3. The molecule has 1 aromatic heterocycles. The van der Waals surface area contributed by atoms with Crippen molar-refractivity contribution in [3.05, 3.63) is 69.6 Å². The van der Waals surface area contributed by atoms with Crippen molar-refractivity contribution in [2.75, 3.05) is 11.9 Å². The smallest absolute Gasteiger partial charge is 0.266 e. The fourth-order valence-electron chi connectivity index (χ4n) is 3.54. The van der Waals surface area contributed by atoms with Crippen LogP contribution in [0, 0.1) is 20.8 Å². The number of aromatic nitrogens is 2. The molecule has 1 saturated heterocycles. The zero-order valence-corrected chi connectivity index (χ0v) is 20.8. The third-order valence-corrected chi connectivity index (χ3v) is 6.81. The number of carbonyl (C=O) groups is 2. The molecule has 1 aliphatic rings. The molecular weight excluding hydrogens is 468 g/mol. The molecule has 1 aliphatic heterocycles. The quantitative estimate of drug-likeness (QED) is 0.354. The third-order valence-electron chi connectivity index (χ3n) is 5.43. The van der Waals surface area contributed by atoms with Gasteiger partial charge in [-0.2, -0.15) is 0 Å². The molecule has 3 aromatic rings. The fourth-order valence-corrected chi connectivity index (χ4v) is 4.85. The van der Waals surface area contributed by atoms with Gasteiger partial charge in [-0.05, 0) is 60.8 Å². The summed E-state index contributed by atoms with van der Waals surface area (Å²) in [4.78, 5) is 27.5. The first kappa shape index (κ1) is 23.8. The van der Waals surface area contributed by atoms with Gasteiger partial charge in [-0.3, -0.25) is 14.5 Å². The Kier molecular flexibility index (Phi) is 7.23. The number of hydrogen-bond acceptors (Lipinski definition) is 7. The number of rotatable bonds is 7. The van der Waals surface area contributed by atoms with E-state index in [2.05, 4.69) is 15.6 Å². The van der Waals surface area contributed by atoms with Crippen molar-refractivity contribution in [1.29, 1.82) is 0 Å². The Hall–Kier alpha value is -3.30. The highest BCUT2D eigenvalue weighted by Crippen LogP contribution is 2.33. The summed E-state index contributed by atoms with van der Waals surface area (Å²) >= 11 is 6.68. The molecule has 7 nitrogen and oxygen atoms in total. The molecule has 9 heteroatoms. The summed E-state index contributed by atoms with van der Waals surface area (Å²) in [6.07, 6.45) is 2.51. The maximum absolute atomic E-state index is 12.8. The van der Waals surface area contributed by atoms with E-state index in [0.717, 1.165) is 27.8 Å². The van der Waals surface area contributed by atoms with Crippen molar-refractivity contribution >= 4 is 52.0 Å². The molecule has 1 fully saturated rings. The number of benzene rings is 2. The predicted molar refractivity (Wildman–Crippen MR) is 138 cm³/mol. The van der Waals surface area contributed by atoms with Gasteiger partial charge in [0.25, 0.3) is 5.91 Å². The lowest BCUT2D eigenvalue weighted by Gasteiger charge is -2.14. The Bertz CT molecular complexity index is 1280. The van der Waals surface area contributed by atoms with E-state index in [1.165, 1.54) is 11.8 Å². The van der Waals surface area contributed by atoms with Crippen LogP contribution in [0.15, 0.2) is 52.0 Å². The average Bonchev–Trinajstić information content (AvgIpc) is 3.36. The highest BCUT2D eigenvalue weighted by Gasteiger charge is 2.31. The summed E-state index contributed by atoms with van der Waals surface area (Å²) in [5.74, 6) is -0.0814. The Labute approximate surface area is 207 Å². The molecule has 0 spiro atoms. The molecular formula is C25H24N4O3S2. The average molecular weight is 493 g/mol. The van der Waals surface area contributed by atoms with Gasteiger partial charge in [-0.25, -0.2) is 4.63 Å². The van der Waals surface area contributed by atoms with E-state index >= 15 is 0 Å². The lowest BCUT2D eigenvalue weighted by Crippen LogP contribution is -2.29. The SMILES string of the molecule is Cc1ccc(/C=C2\SC(=S)N(CCCC(=O)Nc3nonc3-c3cc(C)ccc3C)C2=O)cc1. The summed E-state index contributed by atoms with van der Waals surface area (Å²) in [6.45, 7) is 6.33. The zero-order chi connectivity index (χ0) is 24.2. The van der Waals surface area contributed by atoms with Crippen molar-refractivity contribution in [2.45, 2.75) is 33.6 Å². The normalized spacial score (nSPS) is 14.8. The molecule has 1 N–H and O–H groups in total. The van der Waals surface area contributed by atoms with Crippen LogP contribution < -0.4 is 5.32 Å². The standard InChI is InChI=1S/C25H24N4O3S2/c1-15-7-10-18(11-8-15)14-20-24(31)29(25(33)34-20)12-4-5-21(30)26-23-22(27-32-28-23)19-13-16(2)6-9-17(19)3/h6-11,13-14H,4-5,12H2,1-3H3,(H,26,28,30)/b20-14-. The first-order chi connectivity index (χ1) is 16.3. The largest absolute Gasteiger partial charge is 0.306 e. The number of carbonyl (C=O) groups excluding carboxylic acids is 2. The number of thiocarbonyl (C=S) groups is 1. The van der Waals surface area contributed by atoms with Gasteiger partial charge in [-0.15, -0.1) is 0 Å². The molecule has 34 heavy (non-hydrogen) atoms. The molecule has 0 atom stereocenters. The van der Waals surface area contributed by atoms with Crippen LogP contribution in [-0.2, 0) is 9.59 Å². The van der Waals surface area contributed by atoms with Crippen LogP contribution in [0.5, 0.6) is 0 Å². The molecule has 4 rings (SSSR count). The second-order valence-electron chi connectivity index (χ2n) is 8.18. The van der Waals surface area contributed by atoms with Crippen molar-refractivity contribution < 1.29 is 14.2 Å². The number of thioether (sulfide) groups is 1. The first-order valence-electron chi connectivity index (χ1n) is 10.8. The molecule has 0 saturated carbocycles. The van der Waals surface area contributed by atoms with Crippen LogP contribution in [0.4, 0.5) is 5.82 Å². The third kappa shape index (κ3) is 5.43. The van der Waals surface area contributed by atoms with Crippen molar-refractivity contribution in [3.63, 3.8) is 0 Å². The molecule has 174 valence electrons. The van der Waals surface area contributed by atoms with E-state index in [1.54, 1.807) is 4.90 Å². The van der Waals surface area contributed by atoms with Gasteiger partial charge >= 0.3 is 0 Å². The lowest BCUT2D eigenvalue weighted by atomic mass is 10.0. The van der Waals surface area contributed by atoms with Crippen molar-refractivity contribution in [3.8, 4) is 11.3 Å². The molecule has 2 amide bonds. The van der Waals surface area contributed by atoms with Crippen LogP contribution in [0.3, 0.4) is 0 Å². The van der Waals surface area contributed by atoms with Gasteiger partial charge in [-0.1, -0.05) is 71.5 Å². The number of aryl methyl sites for hydroxylation is 3. The van der Waals surface area contributed by atoms with Gasteiger partial charge in [0.15, 0.2) is 5.69 Å². The topological polar surface area (TPSA) is 88.3 Å². The van der Waals surface area contributed by atoms with E-state index in [4.69, 9.17) is 16.8 Å². The minimum absolute atomic E-state index is 0.131. The fraction of sp³-hybridized carbons (Fsp3) is 0.240. The summed E-state index contributed by atoms with van der Waals surface area (Å²) in [5.41, 5.74) is 5.53. The Balaban J connectivity index is 1.34. The molecule has 2 heterocycles. The Morgan fingerprint density at radius 1 is 1.12 bits per heavy atom. The van der Waals surface area contributed by atoms with Gasteiger partial charge in [0.1, 0.15) is 4.32 Å². The minimum atomic E-state index is -0.233.